The second kappa shape index (κ2) is 11.7. The van der Waals surface area contributed by atoms with Crippen LogP contribution >= 0.6 is 12.4 Å². The van der Waals surface area contributed by atoms with Crippen LogP contribution in [-0.4, -0.2) is 30.9 Å². The Morgan fingerprint density at radius 3 is 2.32 bits per heavy atom. The molecule has 0 aliphatic heterocycles. The van der Waals surface area contributed by atoms with Crippen LogP contribution in [0.1, 0.15) is 58.8 Å². The van der Waals surface area contributed by atoms with E-state index in [0.29, 0.717) is 37.8 Å². The zero-order chi connectivity index (χ0) is 15.7. The van der Waals surface area contributed by atoms with E-state index in [0.717, 1.165) is 12.8 Å². The van der Waals surface area contributed by atoms with E-state index in [2.05, 4.69) is 10.6 Å². The molecule has 1 aliphatic carbocycles. The van der Waals surface area contributed by atoms with Gasteiger partial charge in [-0.25, -0.2) is 0 Å². The molecule has 0 saturated heterocycles. The van der Waals surface area contributed by atoms with Crippen molar-refractivity contribution in [2.45, 2.75) is 64.8 Å². The fraction of sp³-hybridized carbons (Fsp3) is 0.875. The number of nitrogens with one attached hydrogen (secondary N) is 2. The summed E-state index contributed by atoms with van der Waals surface area (Å²) in [7, 11) is 0. The normalized spacial score (nSPS) is 16.7. The molecule has 0 aromatic heterocycles. The lowest BCUT2D eigenvalue weighted by molar-refractivity contribution is -0.123. The van der Waals surface area contributed by atoms with Gasteiger partial charge in [0.05, 0.1) is 0 Å². The largest absolute Gasteiger partial charge is 0.356 e. The van der Waals surface area contributed by atoms with Crippen LogP contribution < -0.4 is 16.4 Å². The lowest BCUT2D eigenvalue weighted by atomic mass is 9.84. The van der Waals surface area contributed by atoms with Crippen molar-refractivity contribution in [3.8, 4) is 0 Å². The Morgan fingerprint density at radius 1 is 1.14 bits per heavy atom. The van der Waals surface area contributed by atoms with Crippen LogP contribution in [0.3, 0.4) is 0 Å². The average Bonchev–Trinajstić information content (AvgIpc) is 2.45. The van der Waals surface area contributed by atoms with Gasteiger partial charge in [-0.3, -0.25) is 9.59 Å². The maximum Gasteiger partial charge on any atom is 0.222 e. The highest BCUT2D eigenvalue weighted by molar-refractivity contribution is 5.85. The Balaban J connectivity index is 0.00000441. The lowest BCUT2D eigenvalue weighted by Gasteiger charge is -2.30. The highest BCUT2D eigenvalue weighted by atomic mass is 35.5. The molecule has 0 heterocycles. The molecular formula is C16H32ClN3O2. The van der Waals surface area contributed by atoms with Crippen molar-refractivity contribution >= 4 is 24.2 Å². The molecule has 1 rings (SSSR count). The Hall–Kier alpha value is -0.810. The molecule has 1 fully saturated rings. The summed E-state index contributed by atoms with van der Waals surface area (Å²) in [4.78, 5) is 23.4. The second-order valence-corrected chi connectivity index (χ2v) is 6.51. The van der Waals surface area contributed by atoms with Gasteiger partial charge in [0.2, 0.25) is 11.8 Å². The van der Waals surface area contributed by atoms with E-state index in [1.54, 1.807) is 0 Å². The summed E-state index contributed by atoms with van der Waals surface area (Å²) in [6.07, 6.45) is 6.93. The monoisotopic (exact) mass is 333 g/mol. The number of halogens is 1. The first-order chi connectivity index (χ1) is 10.0. The SMILES string of the molecule is CC(C)CC(=O)NCCC(=O)NC(CN)C1CCCCC1.Cl. The number of rotatable bonds is 8. The zero-order valence-electron chi connectivity index (χ0n) is 13.9. The zero-order valence-corrected chi connectivity index (χ0v) is 14.7. The molecule has 0 spiro atoms. The summed E-state index contributed by atoms with van der Waals surface area (Å²) < 4.78 is 0. The van der Waals surface area contributed by atoms with Gasteiger partial charge in [-0.1, -0.05) is 33.1 Å². The van der Waals surface area contributed by atoms with Crippen LogP contribution in [0, 0.1) is 11.8 Å². The molecule has 1 aliphatic rings. The third kappa shape index (κ3) is 8.59. The predicted molar refractivity (Wildman–Crippen MR) is 91.9 cm³/mol. The summed E-state index contributed by atoms with van der Waals surface area (Å²) in [6.45, 7) is 4.90. The first-order valence-corrected chi connectivity index (χ1v) is 8.29. The molecule has 2 amide bonds. The molecule has 1 atom stereocenters. The van der Waals surface area contributed by atoms with Crippen molar-refractivity contribution in [2.24, 2.45) is 17.6 Å². The molecular weight excluding hydrogens is 302 g/mol. The molecule has 0 radical (unpaired) electrons. The minimum Gasteiger partial charge on any atom is -0.356 e. The summed E-state index contributed by atoms with van der Waals surface area (Å²) in [5, 5.41) is 5.82. The molecule has 1 unspecified atom stereocenters. The Bertz CT molecular complexity index is 331. The van der Waals surface area contributed by atoms with E-state index in [4.69, 9.17) is 5.73 Å². The number of carbonyl (C=O) groups excluding carboxylic acids is 2. The van der Waals surface area contributed by atoms with E-state index in [1.807, 2.05) is 13.8 Å². The third-order valence-electron chi connectivity index (χ3n) is 4.09. The topological polar surface area (TPSA) is 84.2 Å². The van der Waals surface area contributed by atoms with Gasteiger partial charge in [-0.15, -0.1) is 12.4 Å². The first-order valence-electron chi connectivity index (χ1n) is 8.29. The van der Waals surface area contributed by atoms with Crippen molar-refractivity contribution in [2.75, 3.05) is 13.1 Å². The van der Waals surface area contributed by atoms with Crippen LogP contribution in [0.15, 0.2) is 0 Å². The maximum atomic E-state index is 11.9. The highest BCUT2D eigenvalue weighted by Crippen LogP contribution is 2.26. The van der Waals surface area contributed by atoms with Gasteiger partial charge in [0.1, 0.15) is 0 Å². The van der Waals surface area contributed by atoms with Crippen molar-refractivity contribution in [3.05, 3.63) is 0 Å². The predicted octanol–water partition coefficient (Wildman–Crippen LogP) is 1.98. The standard InChI is InChI=1S/C16H31N3O2.ClH/c1-12(2)10-16(21)18-9-8-15(20)19-14(11-17)13-6-4-3-5-7-13;/h12-14H,3-11,17H2,1-2H3,(H,18,21)(H,19,20);1H. The molecule has 0 bridgehead atoms. The van der Waals surface area contributed by atoms with Gasteiger partial charge in [-0.2, -0.15) is 0 Å². The van der Waals surface area contributed by atoms with Gasteiger partial charge < -0.3 is 16.4 Å². The van der Waals surface area contributed by atoms with Crippen molar-refractivity contribution in [1.82, 2.24) is 10.6 Å². The first kappa shape index (κ1) is 21.2. The van der Waals surface area contributed by atoms with E-state index < -0.39 is 0 Å². The van der Waals surface area contributed by atoms with Gasteiger partial charge >= 0.3 is 0 Å². The van der Waals surface area contributed by atoms with Gasteiger partial charge in [0.15, 0.2) is 0 Å². The third-order valence-corrected chi connectivity index (χ3v) is 4.09. The lowest BCUT2D eigenvalue weighted by Crippen LogP contribution is -2.46. The summed E-state index contributed by atoms with van der Waals surface area (Å²) in [5.74, 6) is 0.858. The summed E-state index contributed by atoms with van der Waals surface area (Å²) >= 11 is 0. The molecule has 130 valence electrons. The Morgan fingerprint density at radius 2 is 1.77 bits per heavy atom. The smallest absolute Gasteiger partial charge is 0.222 e. The van der Waals surface area contributed by atoms with Crippen molar-refractivity contribution < 1.29 is 9.59 Å². The molecule has 5 nitrogen and oxygen atoms in total. The molecule has 4 N–H and O–H groups in total. The van der Waals surface area contributed by atoms with E-state index in [9.17, 15) is 9.59 Å². The second-order valence-electron chi connectivity index (χ2n) is 6.51. The molecule has 0 aromatic carbocycles. The van der Waals surface area contributed by atoms with Gasteiger partial charge in [0, 0.05) is 32.0 Å². The van der Waals surface area contributed by atoms with Gasteiger partial charge in [-0.05, 0) is 24.7 Å². The molecule has 22 heavy (non-hydrogen) atoms. The van der Waals surface area contributed by atoms with E-state index >= 15 is 0 Å². The Kier molecular flexibility index (Phi) is 11.3. The number of nitrogens with two attached hydrogens (primary N) is 1. The van der Waals surface area contributed by atoms with Gasteiger partial charge in [0.25, 0.3) is 0 Å². The van der Waals surface area contributed by atoms with Crippen LogP contribution in [0.5, 0.6) is 0 Å². The average molecular weight is 334 g/mol. The minimum absolute atomic E-state index is 0. The molecule has 6 heteroatoms. The molecule has 0 aromatic rings. The number of hydrogen-bond acceptors (Lipinski definition) is 3. The number of carbonyl (C=O) groups is 2. The van der Waals surface area contributed by atoms with Crippen LogP contribution in [0.4, 0.5) is 0 Å². The number of amides is 2. The van der Waals surface area contributed by atoms with E-state index in [-0.39, 0.29) is 30.3 Å². The van der Waals surface area contributed by atoms with Crippen molar-refractivity contribution in [1.29, 1.82) is 0 Å². The van der Waals surface area contributed by atoms with Crippen LogP contribution in [-0.2, 0) is 9.59 Å². The van der Waals surface area contributed by atoms with Crippen molar-refractivity contribution in [3.63, 3.8) is 0 Å². The minimum atomic E-state index is -0.0131. The van der Waals surface area contributed by atoms with Crippen LogP contribution in [0.2, 0.25) is 0 Å². The fourth-order valence-corrected chi connectivity index (χ4v) is 2.94. The number of hydrogen-bond donors (Lipinski definition) is 3. The quantitative estimate of drug-likeness (QED) is 0.635. The molecule has 1 saturated carbocycles. The van der Waals surface area contributed by atoms with Crippen LogP contribution in [0.25, 0.3) is 0 Å². The summed E-state index contributed by atoms with van der Waals surface area (Å²) in [6, 6.07) is 0.0872. The summed E-state index contributed by atoms with van der Waals surface area (Å²) in [5.41, 5.74) is 5.80. The van der Waals surface area contributed by atoms with E-state index in [1.165, 1.54) is 19.3 Å². The Labute approximate surface area is 140 Å². The fourth-order valence-electron chi connectivity index (χ4n) is 2.94. The highest BCUT2D eigenvalue weighted by Gasteiger charge is 2.23. The maximum absolute atomic E-state index is 11.9.